The van der Waals surface area contributed by atoms with Gasteiger partial charge in [-0.05, 0) is 49.4 Å². The fraction of sp³-hybridized carbons (Fsp3) is 0.923. The Kier molecular flexibility index (Phi) is 2.99. The maximum atomic E-state index is 11.2. The van der Waals surface area contributed by atoms with Gasteiger partial charge in [0.25, 0.3) is 0 Å². The van der Waals surface area contributed by atoms with Crippen molar-refractivity contribution in [2.75, 3.05) is 0 Å². The summed E-state index contributed by atoms with van der Waals surface area (Å²) in [6.07, 6.45) is 3.78. The van der Waals surface area contributed by atoms with Crippen molar-refractivity contribution in [2.24, 2.45) is 23.0 Å². The first-order valence-corrected chi connectivity index (χ1v) is 6.47. The van der Waals surface area contributed by atoms with Crippen LogP contribution >= 0.6 is 0 Å². The minimum Gasteiger partial charge on any atom is -0.480 e. The molecule has 98 valence electrons. The minimum atomic E-state index is -0.935. The molecule has 3 atom stereocenters. The average Bonchev–Trinajstić information content (AvgIpc) is 2.11. The molecule has 17 heavy (non-hydrogen) atoms. The number of carboxylic acids is 1. The van der Waals surface area contributed by atoms with Crippen molar-refractivity contribution < 1.29 is 15.0 Å². The number of nitrogens with two attached hydrogens (primary N) is 1. The molecular formula is C13H23NO3. The molecule has 0 saturated heterocycles. The van der Waals surface area contributed by atoms with E-state index in [9.17, 15) is 15.0 Å². The standard InChI is InChI=1S/C13H23NO3/c1-8-3-12(10(14)11(15)16)4-9(2)6-13(17,5-8)7-12/h8-10,17H,3-7,14H2,1-2H3,(H,15,16)/t8?,9?,10-,12?,13?/m1/s1. The predicted molar refractivity (Wildman–Crippen MR) is 64.4 cm³/mol. The van der Waals surface area contributed by atoms with Gasteiger partial charge in [-0.1, -0.05) is 13.8 Å². The summed E-state index contributed by atoms with van der Waals surface area (Å²) in [5, 5.41) is 19.8. The summed E-state index contributed by atoms with van der Waals surface area (Å²) in [7, 11) is 0. The smallest absolute Gasteiger partial charge is 0.321 e. The monoisotopic (exact) mass is 241 g/mol. The van der Waals surface area contributed by atoms with E-state index in [1.54, 1.807) is 0 Å². The molecule has 2 aliphatic carbocycles. The van der Waals surface area contributed by atoms with Gasteiger partial charge in [-0.2, -0.15) is 0 Å². The van der Waals surface area contributed by atoms with Gasteiger partial charge in [0.1, 0.15) is 6.04 Å². The van der Waals surface area contributed by atoms with Gasteiger partial charge in [-0.3, -0.25) is 4.79 Å². The molecule has 0 amide bonds. The molecule has 0 radical (unpaired) electrons. The van der Waals surface area contributed by atoms with Crippen molar-refractivity contribution in [1.82, 2.24) is 0 Å². The molecule has 4 heteroatoms. The predicted octanol–water partition coefficient (Wildman–Crippen LogP) is 1.37. The largest absolute Gasteiger partial charge is 0.480 e. The Bertz CT molecular complexity index is 315. The van der Waals surface area contributed by atoms with Crippen LogP contribution in [0.5, 0.6) is 0 Å². The van der Waals surface area contributed by atoms with Crippen LogP contribution in [0.3, 0.4) is 0 Å². The van der Waals surface area contributed by atoms with Crippen molar-refractivity contribution in [3.63, 3.8) is 0 Å². The average molecular weight is 241 g/mol. The molecule has 0 aromatic rings. The zero-order chi connectivity index (χ0) is 12.8. The van der Waals surface area contributed by atoms with Crippen LogP contribution in [0.2, 0.25) is 0 Å². The number of hydrogen-bond donors (Lipinski definition) is 3. The first kappa shape index (κ1) is 12.8. The van der Waals surface area contributed by atoms with E-state index in [1.165, 1.54) is 0 Å². The molecular weight excluding hydrogens is 218 g/mol. The van der Waals surface area contributed by atoms with Crippen molar-refractivity contribution in [3.8, 4) is 0 Å². The summed E-state index contributed by atoms with van der Waals surface area (Å²) < 4.78 is 0. The molecule has 0 aromatic heterocycles. The fourth-order valence-corrected chi connectivity index (χ4v) is 4.57. The molecule has 2 aliphatic rings. The summed E-state index contributed by atoms with van der Waals surface area (Å²) in [5.41, 5.74) is 4.81. The van der Waals surface area contributed by atoms with Gasteiger partial charge in [-0.25, -0.2) is 0 Å². The number of rotatable bonds is 2. The Balaban J connectivity index is 2.33. The minimum absolute atomic E-state index is 0.353. The van der Waals surface area contributed by atoms with Crippen molar-refractivity contribution in [1.29, 1.82) is 0 Å². The maximum absolute atomic E-state index is 11.2. The summed E-state index contributed by atoms with van der Waals surface area (Å²) in [4.78, 5) is 11.2. The topological polar surface area (TPSA) is 83.5 Å². The normalized spacial score (nSPS) is 47.5. The fourth-order valence-electron chi connectivity index (χ4n) is 4.57. The van der Waals surface area contributed by atoms with E-state index in [-0.39, 0.29) is 0 Å². The lowest BCUT2D eigenvalue weighted by Gasteiger charge is -2.55. The lowest BCUT2D eigenvalue weighted by Crippen LogP contribution is -2.59. The Morgan fingerprint density at radius 1 is 1.24 bits per heavy atom. The van der Waals surface area contributed by atoms with E-state index in [1.807, 2.05) is 0 Å². The lowest BCUT2D eigenvalue weighted by molar-refractivity contribution is -0.157. The third-order valence-electron chi connectivity index (χ3n) is 4.57. The first-order valence-electron chi connectivity index (χ1n) is 6.47. The zero-order valence-corrected chi connectivity index (χ0v) is 10.6. The SMILES string of the molecule is CC1CC2(O)CC(C)CC([C@H](N)C(=O)O)(C1)C2. The van der Waals surface area contributed by atoms with Gasteiger partial charge in [0.2, 0.25) is 0 Å². The van der Waals surface area contributed by atoms with Gasteiger partial charge in [0, 0.05) is 0 Å². The van der Waals surface area contributed by atoms with Gasteiger partial charge in [0.05, 0.1) is 5.60 Å². The molecule has 4 nitrogen and oxygen atoms in total. The highest BCUT2D eigenvalue weighted by Gasteiger charge is 2.55. The zero-order valence-electron chi connectivity index (χ0n) is 10.6. The Morgan fingerprint density at radius 3 is 2.12 bits per heavy atom. The number of aliphatic carboxylic acids is 1. The first-order chi connectivity index (χ1) is 7.76. The van der Waals surface area contributed by atoms with E-state index < -0.39 is 23.0 Å². The van der Waals surface area contributed by atoms with E-state index in [2.05, 4.69) is 13.8 Å². The van der Waals surface area contributed by atoms with Crippen LogP contribution in [0.1, 0.15) is 46.0 Å². The van der Waals surface area contributed by atoms with E-state index in [0.717, 1.165) is 25.7 Å². The molecule has 0 spiro atoms. The maximum Gasteiger partial charge on any atom is 0.321 e. The van der Waals surface area contributed by atoms with Crippen molar-refractivity contribution >= 4 is 5.97 Å². The molecule has 0 aliphatic heterocycles. The summed E-state index contributed by atoms with van der Waals surface area (Å²) in [6.45, 7) is 4.17. The second kappa shape index (κ2) is 3.95. The molecule has 2 saturated carbocycles. The molecule has 2 bridgehead atoms. The van der Waals surface area contributed by atoms with Gasteiger partial charge < -0.3 is 15.9 Å². The highest BCUT2D eigenvalue weighted by atomic mass is 16.4. The highest BCUT2D eigenvalue weighted by molar-refractivity contribution is 5.74. The van der Waals surface area contributed by atoms with Gasteiger partial charge >= 0.3 is 5.97 Å². The number of carbonyl (C=O) groups is 1. The Morgan fingerprint density at radius 2 is 1.71 bits per heavy atom. The van der Waals surface area contributed by atoms with E-state index in [4.69, 9.17) is 5.73 Å². The molecule has 2 fully saturated rings. The van der Waals surface area contributed by atoms with Crippen molar-refractivity contribution in [3.05, 3.63) is 0 Å². The van der Waals surface area contributed by atoms with E-state index in [0.29, 0.717) is 18.3 Å². The van der Waals surface area contributed by atoms with Crippen molar-refractivity contribution in [2.45, 2.75) is 57.6 Å². The van der Waals surface area contributed by atoms with Crippen LogP contribution < -0.4 is 5.73 Å². The Labute approximate surface area is 102 Å². The second-order valence-electron chi connectivity index (χ2n) is 6.61. The number of carboxylic acid groups (broad SMARTS) is 1. The second-order valence-corrected chi connectivity index (χ2v) is 6.61. The third kappa shape index (κ3) is 2.20. The molecule has 0 aromatic carbocycles. The number of aliphatic hydroxyl groups is 1. The molecule has 0 heterocycles. The summed E-state index contributed by atoms with van der Waals surface area (Å²) in [5.74, 6) is -0.228. The van der Waals surface area contributed by atoms with Crippen LogP contribution in [-0.4, -0.2) is 27.8 Å². The quantitative estimate of drug-likeness (QED) is 0.681. The van der Waals surface area contributed by atoms with Crippen LogP contribution in [0.25, 0.3) is 0 Å². The van der Waals surface area contributed by atoms with Crippen LogP contribution in [-0.2, 0) is 4.79 Å². The number of hydrogen-bond acceptors (Lipinski definition) is 3. The highest BCUT2D eigenvalue weighted by Crippen LogP contribution is 2.55. The van der Waals surface area contributed by atoms with Crippen LogP contribution in [0, 0.1) is 17.3 Å². The van der Waals surface area contributed by atoms with Gasteiger partial charge in [0.15, 0.2) is 0 Å². The lowest BCUT2D eigenvalue weighted by atomic mass is 9.52. The van der Waals surface area contributed by atoms with E-state index >= 15 is 0 Å². The summed E-state index contributed by atoms with van der Waals surface area (Å²) >= 11 is 0. The molecule has 2 rings (SSSR count). The number of fused-ring (bicyclic) bond motifs is 2. The molecule has 2 unspecified atom stereocenters. The van der Waals surface area contributed by atoms with Crippen LogP contribution in [0.4, 0.5) is 0 Å². The summed E-state index contributed by atoms with van der Waals surface area (Å²) in [6, 6.07) is -0.848. The van der Waals surface area contributed by atoms with Crippen LogP contribution in [0.15, 0.2) is 0 Å². The van der Waals surface area contributed by atoms with Gasteiger partial charge in [-0.15, -0.1) is 0 Å². The molecule has 4 N–H and O–H groups in total. The Hall–Kier alpha value is -0.610. The third-order valence-corrected chi connectivity index (χ3v) is 4.57.